The highest BCUT2D eigenvalue weighted by atomic mass is 35.5. The molecule has 1 saturated heterocycles. The van der Waals surface area contributed by atoms with Gasteiger partial charge in [-0.25, -0.2) is 14.3 Å². The molecule has 33 heavy (non-hydrogen) atoms. The number of rotatable bonds is 3. The lowest BCUT2D eigenvalue weighted by Gasteiger charge is -2.33. The molecule has 0 saturated carbocycles. The van der Waals surface area contributed by atoms with Gasteiger partial charge in [0.1, 0.15) is 5.02 Å². The van der Waals surface area contributed by atoms with Crippen molar-refractivity contribution in [3.05, 3.63) is 52.8 Å². The fourth-order valence-corrected chi connectivity index (χ4v) is 3.78. The summed E-state index contributed by atoms with van der Waals surface area (Å²) >= 11 is 6.33. The lowest BCUT2D eigenvalue weighted by molar-refractivity contribution is -0.142. The van der Waals surface area contributed by atoms with Crippen LogP contribution in [-0.4, -0.2) is 69.2 Å². The van der Waals surface area contributed by atoms with E-state index in [9.17, 15) is 22.8 Å². The van der Waals surface area contributed by atoms with Crippen molar-refractivity contribution < 1.29 is 27.5 Å². The second kappa shape index (κ2) is 8.89. The molecule has 4 rings (SSSR count). The Labute approximate surface area is 191 Å². The molecule has 1 fully saturated rings. The van der Waals surface area contributed by atoms with Crippen molar-refractivity contribution in [2.45, 2.75) is 13.1 Å². The Bertz CT molecular complexity index is 1190. The highest BCUT2D eigenvalue weighted by Gasteiger charge is 2.37. The molecule has 2 aromatic heterocycles. The number of benzene rings is 1. The zero-order chi connectivity index (χ0) is 23.8. The number of alkyl halides is 3. The van der Waals surface area contributed by atoms with Crippen LogP contribution in [0.25, 0.3) is 16.9 Å². The molecule has 0 aliphatic carbocycles. The molecule has 0 radical (unpaired) electrons. The van der Waals surface area contributed by atoms with E-state index >= 15 is 0 Å². The zero-order valence-electron chi connectivity index (χ0n) is 17.5. The lowest BCUT2D eigenvalue weighted by atomic mass is 10.1. The standard InChI is InChI=1S/C21H19ClF3N5O3/c1-2-33-20(32)29-10-8-28(9-11-29)19(31)17-16(22)18-26-14(13-6-4-3-5-7-13)12-15(21(23,24)25)30(18)27-17/h3-7,12H,2,8-11H2,1H3. The van der Waals surface area contributed by atoms with Crippen LogP contribution >= 0.6 is 11.6 Å². The first kappa shape index (κ1) is 22.8. The van der Waals surface area contributed by atoms with Crippen LogP contribution in [0, 0.1) is 0 Å². The Morgan fingerprint density at radius 2 is 1.73 bits per heavy atom. The summed E-state index contributed by atoms with van der Waals surface area (Å²) in [6.07, 6.45) is -5.24. The number of ether oxygens (including phenoxy) is 1. The lowest BCUT2D eigenvalue weighted by Crippen LogP contribution is -2.50. The third-order valence-corrected chi connectivity index (χ3v) is 5.54. The van der Waals surface area contributed by atoms with Crippen molar-refractivity contribution >= 4 is 29.2 Å². The summed E-state index contributed by atoms with van der Waals surface area (Å²) in [7, 11) is 0. The van der Waals surface area contributed by atoms with Gasteiger partial charge in [-0.15, -0.1) is 0 Å². The van der Waals surface area contributed by atoms with Gasteiger partial charge in [0.25, 0.3) is 5.91 Å². The molecule has 12 heteroatoms. The fourth-order valence-electron chi connectivity index (χ4n) is 3.54. The summed E-state index contributed by atoms with van der Waals surface area (Å²) in [5.74, 6) is -0.636. The molecular formula is C21H19ClF3N5O3. The predicted octanol–water partition coefficient (Wildman–Crippen LogP) is 3.98. The molecule has 2 amide bonds. The number of piperazine rings is 1. The summed E-state index contributed by atoms with van der Waals surface area (Å²) in [6.45, 7) is 2.69. The molecular weight excluding hydrogens is 463 g/mol. The number of carbonyl (C=O) groups is 2. The Hall–Kier alpha value is -3.34. The van der Waals surface area contributed by atoms with E-state index in [1.807, 2.05) is 0 Å². The van der Waals surface area contributed by atoms with Gasteiger partial charge in [0.05, 0.1) is 12.3 Å². The maximum Gasteiger partial charge on any atom is 0.433 e. The number of halogens is 4. The Morgan fingerprint density at radius 3 is 2.33 bits per heavy atom. The molecule has 1 aliphatic heterocycles. The summed E-state index contributed by atoms with van der Waals surface area (Å²) in [5.41, 5.74) is -1.17. The SMILES string of the molecule is CCOC(=O)N1CCN(C(=O)c2nn3c(C(F)(F)F)cc(-c4ccccc4)nc3c2Cl)CC1. The fraction of sp³-hybridized carbons (Fsp3) is 0.333. The molecule has 3 heterocycles. The van der Waals surface area contributed by atoms with Gasteiger partial charge in [-0.1, -0.05) is 41.9 Å². The largest absolute Gasteiger partial charge is 0.450 e. The summed E-state index contributed by atoms with van der Waals surface area (Å²) in [6, 6.07) is 9.21. The monoisotopic (exact) mass is 481 g/mol. The highest BCUT2D eigenvalue weighted by Crippen LogP contribution is 2.34. The number of hydrogen-bond acceptors (Lipinski definition) is 5. The van der Waals surface area contributed by atoms with Crippen molar-refractivity contribution in [1.29, 1.82) is 0 Å². The van der Waals surface area contributed by atoms with Crippen LogP contribution in [0.1, 0.15) is 23.1 Å². The Morgan fingerprint density at radius 1 is 1.09 bits per heavy atom. The van der Waals surface area contributed by atoms with Gasteiger partial charge in [0.2, 0.25) is 0 Å². The zero-order valence-corrected chi connectivity index (χ0v) is 18.2. The van der Waals surface area contributed by atoms with E-state index in [0.29, 0.717) is 10.1 Å². The van der Waals surface area contributed by atoms with Crippen molar-refractivity contribution in [1.82, 2.24) is 24.4 Å². The van der Waals surface area contributed by atoms with Crippen LogP contribution in [0.3, 0.4) is 0 Å². The normalized spacial score (nSPS) is 14.6. The van der Waals surface area contributed by atoms with E-state index in [0.717, 1.165) is 6.07 Å². The number of nitrogens with zero attached hydrogens (tertiary/aromatic N) is 5. The van der Waals surface area contributed by atoms with Crippen LogP contribution in [0.15, 0.2) is 36.4 Å². The second-order valence-electron chi connectivity index (χ2n) is 7.27. The van der Waals surface area contributed by atoms with Crippen LogP contribution < -0.4 is 0 Å². The third-order valence-electron chi connectivity index (χ3n) is 5.19. The van der Waals surface area contributed by atoms with E-state index < -0.39 is 23.9 Å². The minimum absolute atomic E-state index is 0.0549. The van der Waals surface area contributed by atoms with Crippen molar-refractivity contribution in [3.8, 4) is 11.3 Å². The molecule has 0 bridgehead atoms. The quantitative estimate of drug-likeness (QED) is 0.565. The smallest absolute Gasteiger partial charge is 0.433 e. The predicted molar refractivity (Wildman–Crippen MR) is 113 cm³/mol. The van der Waals surface area contributed by atoms with Crippen molar-refractivity contribution in [3.63, 3.8) is 0 Å². The van der Waals surface area contributed by atoms with Gasteiger partial charge in [-0.2, -0.15) is 18.3 Å². The number of hydrogen-bond donors (Lipinski definition) is 0. The first-order chi connectivity index (χ1) is 15.7. The van der Waals surface area contributed by atoms with Gasteiger partial charge in [-0.05, 0) is 13.0 Å². The van der Waals surface area contributed by atoms with Gasteiger partial charge >= 0.3 is 12.3 Å². The van der Waals surface area contributed by atoms with E-state index in [4.69, 9.17) is 16.3 Å². The number of fused-ring (bicyclic) bond motifs is 1. The number of aromatic nitrogens is 3. The molecule has 1 aromatic carbocycles. The van der Waals surface area contributed by atoms with Gasteiger partial charge < -0.3 is 14.5 Å². The summed E-state index contributed by atoms with van der Waals surface area (Å²) in [5, 5.41) is 3.61. The van der Waals surface area contributed by atoms with Crippen molar-refractivity contribution in [2.75, 3.05) is 32.8 Å². The third kappa shape index (κ3) is 4.45. The summed E-state index contributed by atoms with van der Waals surface area (Å²) in [4.78, 5) is 32.0. The average Bonchev–Trinajstić information content (AvgIpc) is 3.14. The van der Waals surface area contributed by atoms with Gasteiger partial charge in [-0.3, -0.25) is 4.79 Å². The molecule has 0 N–H and O–H groups in total. The highest BCUT2D eigenvalue weighted by molar-refractivity contribution is 6.36. The van der Waals surface area contributed by atoms with Gasteiger partial charge in [0, 0.05) is 31.7 Å². The van der Waals surface area contributed by atoms with Crippen molar-refractivity contribution in [2.24, 2.45) is 0 Å². The topological polar surface area (TPSA) is 80.0 Å². The van der Waals surface area contributed by atoms with E-state index in [1.54, 1.807) is 37.3 Å². The molecule has 3 aromatic rings. The molecule has 174 valence electrons. The van der Waals surface area contributed by atoms with Gasteiger partial charge in [0.15, 0.2) is 17.0 Å². The summed E-state index contributed by atoms with van der Waals surface area (Å²) < 4.78 is 46.9. The Balaban J connectivity index is 1.69. The van der Waals surface area contributed by atoms with E-state index in [-0.39, 0.29) is 54.8 Å². The van der Waals surface area contributed by atoms with Crippen LogP contribution in [0.4, 0.5) is 18.0 Å². The first-order valence-corrected chi connectivity index (χ1v) is 10.5. The maximum absolute atomic E-state index is 13.8. The maximum atomic E-state index is 13.8. The van der Waals surface area contributed by atoms with Crippen LogP contribution in [0.2, 0.25) is 5.02 Å². The van der Waals surface area contributed by atoms with E-state index in [2.05, 4.69) is 10.1 Å². The molecule has 0 unspecified atom stereocenters. The number of carbonyl (C=O) groups excluding carboxylic acids is 2. The molecule has 0 atom stereocenters. The average molecular weight is 482 g/mol. The van der Waals surface area contributed by atoms with Crippen LogP contribution in [0.5, 0.6) is 0 Å². The second-order valence-corrected chi connectivity index (χ2v) is 7.64. The first-order valence-electron chi connectivity index (χ1n) is 10.1. The molecule has 1 aliphatic rings. The van der Waals surface area contributed by atoms with Crippen LogP contribution in [-0.2, 0) is 10.9 Å². The minimum Gasteiger partial charge on any atom is -0.450 e. The van der Waals surface area contributed by atoms with E-state index in [1.165, 1.54) is 9.80 Å². The number of amides is 2. The minimum atomic E-state index is -4.76. The Kier molecular flexibility index (Phi) is 6.15. The molecule has 8 nitrogen and oxygen atoms in total. The molecule has 0 spiro atoms.